The van der Waals surface area contributed by atoms with Gasteiger partial charge >= 0.3 is 0 Å². The van der Waals surface area contributed by atoms with Crippen molar-refractivity contribution in [2.45, 2.75) is 70.9 Å². The predicted octanol–water partition coefficient (Wildman–Crippen LogP) is 3.13. The molecule has 0 aliphatic heterocycles. The number of hydrogen-bond donors (Lipinski definition) is 1. The van der Waals surface area contributed by atoms with Crippen molar-refractivity contribution >= 4 is 0 Å². The second kappa shape index (κ2) is 7.61. The van der Waals surface area contributed by atoms with E-state index in [1.807, 2.05) is 0 Å². The van der Waals surface area contributed by atoms with Crippen molar-refractivity contribution in [3.8, 4) is 0 Å². The summed E-state index contributed by atoms with van der Waals surface area (Å²) in [5.41, 5.74) is 0.443. The lowest BCUT2D eigenvalue weighted by molar-refractivity contribution is -0.158. The predicted molar refractivity (Wildman–Crippen MR) is 78.4 cm³/mol. The Bertz CT molecular complexity index is 251. The van der Waals surface area contributed by atoms with Gasteiger partial charge in [0.15, 0.2) is 0 Å². The van der Waals surface area contributed by atoms with Crippen molar-refractivity contribution in [3.05, 3.63) is 0 Å². The second-order valence-electron chi connectivity index (χ2n) is 6.11. The Morgan fingerprint density at radius 2 is 1.84 bits per heavy atom. The summed E-state index contributed by atoms with van der Waals surface area (Å²) in [4.78, 5) is 0. The summed E-state index contributed by atoms with van der Waals surface area (Å²) in [7, 11) is 0. The molecule has 2 saturated carbocycles. The smallest absolute Gasteiger partial charge is 0.0704 e. The zero-order valence-electron chi connectivity index (χ0n) is 12.7. The van der Waals surface area contributed by atoms with E-state index in [4.69, 9.17) is 9.47 Å². The van der Waals surface area contributed by atoms with Crippen LogP contribution in [-0.4, -0.2) is 38.5 Å². The molecule has 112 valence electrons. The van der Waals surface area contributed by atoms with E-state index in [9.17, 15) is 0 Å². The number of nitrogens with one attached hydrogen (secondary N) is 1. The first-order valence-corrected chi connectivity index (χ1v) is 8.26. The summed E-state index contributed by atoms with van der Waals surface area (Å²) < 4.78 is 11.6. The number of hydrogen-bond acceptors (Lipinski definition) is 3. The van der Waals surface area contributed by atoms with E-state index in [0.717, 1.165) is 32.8 Å². The highest BCUT2D eigenvalue weighted by molar-refractivity contribution is 5.08. The van der Waals surface area contributed by atoms with E-state index in [1.54, 1.807) is 0 Å². The highest BCUT2D eigenvalue weighted by Gasteiger charge is 2.55. The van der Waals surface area contributed by atoms with Gasteiger partial charge < -0.3 is 14.8 Å². The van der Waals surface area contributed by atoms with Crippen LogP contribution in [0.5, 0.6) is 0 Å². The lowest BCUT2D eigenvalue weighted by Crippen LogP contribution is -2.64. The molecule has 1 N–H and O–H groups in total. The van der Waals surface area contributed by atoms with Gasteiger partial charge in [-0.1, -0.05) is 33.1 Å². The third-order valence-corrected chi connectivity index (χ3v) is 4.92. The Hall–Kier alpha value is -0.120. The molecule has 3 nitrogen and oxygen atoms in total. The maximum absolute atomic E-state index is 6.13. The standard InChI is InChI=1S/C16H31NO2/c1-3-10-18-11-12-19-15-13-14(17-4-2)16(15)8-6-5-7-9-16/h14-15,17H,3-13H2,1-2H3. The maximum atomic E-state index is 6.13. The number of rotatable bonds is 8. The molecule has 2 aliphatic carbocycles. The summed E-state index contributed by atoms with van der Waals surface area (Å²) in [5.74, 6) is 0. The Morgan fingerprint density at radius 1 is 1.05 bits per heavy atom. The third-order valence-electron chi connectivity index (χ3n) is 4.92. The van der Waals surface area contributed by atoms with Gasteiger partial charge in [-0.15, -0.1) is 0 Å². The van der Waals surface area contributed by atoms with Crippen LogP contribution in [0.4, 0.5) is 0 Å². The molecule has 2 atom stereocenters. The molecule has 0 amide bonds. The minimum absolute atomic E-state index is 0.443. The van der Waals surface area contributed by atoms with Gasteiger partial charge in [-0.25, -0.2) is 0 Å². The van der Waals surface area contributed by atoms with Gasteiger partial charge in [-0.2, -0.15) is 0 Å². The fourth-order valence-corrected chi connectivity index (χ4v) is 3.89. The molecule has 3 heteroatoms. The monoisotopic (exact) mass is 269 g/mol. The van der Waals surface area contributed by atoms with Gasteiger partial charge in [0.2, 0.25) is 0 Å². The summed E-state index contributed by atoms with van der Waals surface area (Å²) >= 11 is 0. The van der Waals surface area contributed by atoms with E-state index >= 15 is 0 Å². The summed E-state index contributed by atoms with van der Waals surface area (Å²) in [5, 5.41) is 3.67. The lowest BCUT2D eigenvalue weighted by Gasteiger charge is -2.58. The molecular weight excluding hydrogens is 238 g/mol. The molecular formula is C16H31NO2. The van der Waals surface area contributed by atoms with Crippen molar-refractivity contribution in [2.75, 3.05) is 26.4 Å². The van der Waals surface area contributed by atoms with Crippen molar-refractivity contribution < 1.29 is 9.47 Å². The molecule has 0 aromatic rings. The minimum Gasteiger partial charge on any atom is -0.379 e. The van der Waals surface area contributed by atoms with Crippen LogP contribution in [0, 0.1) is 5.41 Å². The van der Waals surface area contributed by atoms with Crippen LogP contribution in [0.2, 0.25) is 0 Å². The number of ether oxygens (including phenoxy) is 2. The van der Waals surface area contributed by atoms with E-state index in [1.165, 1.54) is 38.5 Å². The molecule has 1 spiro atoms. The van der Waals surface area contributed by atoms with Gasteiger partial charge in [-0.3, -0.25) is 0 Å². The highest BCUT2D eigenvalue weighted by atomic mass is 16.5. The van der Waals surface area contributed by atoms with E-state index in [0.29, 0.717) is 17.6 Å². The molecule has 0 saturated heterocycles. The molecule has 2 aliphatic rings. The van der Waals surface area contributed by atoms with Crippen LogP contribution in [0.25, 0.3) is 0 Å². The Kier molecular flexibility index (Phi) is 6.11. The van der Waals surface area contributed by atoms with Crippen molar-refractivity contribution in [2.24, 2.45) is 5.41 Å². The molecule has 0 aromatic heterocycles. The van der Waals surface area contributed by atoms with E-state index in [-0.39, 0.29) is 0 Å². The molecule has 0 bridgehead atoms. The van der Waals surface area contributed by atoms with Crippen LogP contribution in [0.1, 0.15) is 58.8 Å². The SMILES string of the molecule is CCCOCCOC1CC(NCC)C12CCCCC2. The summed E-state index contributed by atoms with van der Waals surface area (Å²) in [6.45, 7) is 7.82. The fourth-order valence-electron chi connectivity index (χ4n) is 3.89. The third kappa shape index (κ3) is 3.50. The molecule has 2 rings (SSSR count). The zero-order valence-corrected chi connectivity index (χ0v) is 12.7. The molecule has 2 fully saturated rings. The lowest BCUT2D eigenvalue weighted by atomic mass is 9.55. The molecule has 2 unspecified atom stereocenters. The van der Waals surface area contributed by atoms with E-state index < -0.39 is 0 Å². The minimum atomic E-state index is 0.443. The van der Waals surface area contributed by atoms with Gasteiger partial charge in [-0.05, 0) is 32.2 Å². The largest absolute Gasteiger partial charge is 0.379 e. The average Bonchev–Trinajstić information content (AvgIpc) is 2.46. The molecule has 19 heavy (non-hydrogen) atoms. The first-order chi connectivity index (χ1) is 9.33. The van der Waals surface area contributed by atoms with Crippen molar-refractivity contribution in [1.29, 1.82) is 0 Å². The first kappa shape index (κ1) is 15.3. The zero-order chi connectivity index (χ0) is 13.6. The van der Waals surface area contributed by atoms with E-state index in [2.05, 4.69) is 19.2 Å². The summed E-state index contributed by atoms with van der Waals surface area (Å²) in [6, 6.07) is 0.694. The normalized spacial score (nSPS) is 29.4. The first-order valence-electron chi connectivity index (χ1n) is 8.26. The fraction of sp³-hybridized carbons (Fsp3) is 1.00. The quantitative estimate of drug-likeness (QED) is 0.687. The van der Waals surface area contributed by atoms with Crippen molar-refractivity contribution in [1.82, 2.24) is 5.32 Å². The molecule has 0 radical (unpaired) electrons. The average molecular weight is 269 g/mol. The van der Waals surface area contributed by atoms with Crippen LogP contribution >= 0.6 is 0 Å². The van der Waals surface area contributed by atoms with Crippen molar-refractivity contribution in [3.63, 3.8) is 0 Å². The Balaban J connectivity index is 1.76. The van der Waals surface area contributed by atoms with Crippen LogP contribution in [0.15, 0.2) is 0 Å². The van der Waals surface area contributed by atoms with Gasteiger partial charge in [0.25, 0.3) is 0 Å². The molecule has 0 aromatic carbocycles. The Labute approximate surface area is 118 Å². The van der Waals surface area contributed by atoms with Crippen LogP contribution in [-0.2, 0) is 9.47 Å². The van der Waals surface area contributed by atoms with Gasteiger partial charge in [0.1, 0.15) is 0 Å². The van der Waals surface area contributed by atoms with Gasteiger partial charge in [0, 0.05) is 18.1 Å². The Morgan fingerprint density at radius 3 is 2.53 bits per heavy atom. The second-order valence-corrected chi connectivity index (χ2v) is 6.11. The summed E-state index contributed by atoms with van der Waals surface area (Å²) in [6.07, 6.45) is 9.64. The molecule has 0 heterocycles. The topological polar surface area (TPSA) is 30.5 Å². The van der Waals surface area contributed by atoms with Gasteiger partial charge in [0.05, 0.1) is 19.3 Å². The van der Waals surface area contributed by atoms with Crippen LogP contribution < -0.4 is 5.32 Å². The van der Waals surface area contributed by atoms with Crippen LogP contribution in [0.3, 0.4) is 0 Å². The highest BCUT2D eigenvalue weighted by Crippen LogP contribution is 2.53. The maximum Gasteiger partial charge on any atom is 0.0704 e.